The molecule has 1 fully saturated rings. The summed E-state index contributed by atoms with van der Waals surface area (Å²) in [6.07, 6.45) is 3.40. The van der Waals surface area contributed by atoms with E-state index in [4.69, 9.17) is 14.6 Å². The number of benzene rings is 1. The quantitative estimate of drug-likeness (QED) is 0.119. The maximum absolute atomic E-state index is 13.7. The molecule has 14 nitrogen and oxygen atoms in total. The number of ether oxygens (including phenoxy) is 1. The lowest BCUT2D eigenvalue weighted by Crippen LogP contribution is -2.49. The summed E-state index contributed by atoms with van der Waals surface area (Å²) in [5.41, 5.74) is 2.13. The molecule has 1 aromatic carbocycles. The van der Waals surface area contributed by atoms with Crippen LogP contribution in [0.1, 0.15) is 44.9 Å². The number of rotatable bonds is 14. The first-order valence-electron chi connectivity index (χ1n) is 14.4. The number of hydrogen-bond acceptors (Lipinski definition) is 10. The van der Waals surface area contributed by atoms with Crippen molar-refractivity contribution in [2.45, 2.75) is 51.5 Å². The van der Waals surface area contributed by atoms with Crippen LogP contribution >= 0.6 is 0 Å². The van der Waals surface area contributed by atoms with Crippen LogP contribution in [0.5, 0.6) is 5.75 Å². The van der Waals surface area contributed by atoms with Gasteiger partial charge in [0, 0.05) is 49.7 Å². The number of aromatic amines is 1. The molecule has 2 N–H and O–H groups in total. The number of oxime groups is 1. The lowest BCUT2D eigenvalue weighted by atomic mass is 10.1. The fourth-order valence-electron chi connectivity index (χ4n) is 5.29. The van der Waals surface area contributed by atoms with Crippen LogP contribution in [-0.4, -0.2) is 101 Å². The summed E-state index contributed by atoms with van der Waals surface area (Å²) in [6, 6.07) is 4.59. The van der Waals surface area contributed by atoms with Gasteiger partial charge in [-0.15, -0.1) is 0 Å². The van der Waals surface area contributed by atoms with Crippen molar-refractivity contribution < 1.29 is 28.1 Å². The van der Waals surface area contributed by atoms with Crippen LogP contribution < -0.4 is 10.3 Å². The lowest BCUT2D eigenvalue weighted by molar-refractivity contribution is -0.735. The normalized spacial score (nSPS) is 15.0. The summed E-state index contributed by atoms with van der Waals surface area (Å²) < 4.78 is 36.6. The number of fused-ring (bicyclic) bond motifs is 1. The van der Waals surface area contributed by atoms with Crippen molar-refractivity contribution >= 4 is 34.0 Å². The van der Waals surface area contributed by atoms with Gasteiger partial charge in [0.25, 0.3) is 5.56 Å². The minimum Gasteiger partial charge on any atom is -0.493 e. The first-order chi connectivity index (χ1) is 20.7. The minimum atomic E-state index is -3.89. The molecule has 43 heavy (non-hydrogen) atoms. The number of aromatic nitrogens is 3. The van der Waals surface area contributed by atoms with Gasteiger partial charge >= 0.3 is 0 Å². The van der Waals surface area contributed by atoms with Crippen molar-refractivity contribution in [2.75, 3.05) is 45.9 Å². The Labute approximate surface area is 250 Å². The standard InChI is InChI=1S/C28H39N7O7S/c1-5-8-21-23(19-29-37)35(7-3)26-25(21)30-27(31-28(26)36)22-18-20(9-10-24(22)41-16-6-2)43(39,40)34-13-11-33(12-14-34)15-17-42-32(4)38/h9-10,18-19,37H,4-8,11-17H2,1-3H3,(H,30,31,36)/b29-19+. The molecule has 0 atom stereocenters. The Kier molecular flexibility index (Phi) is 10.4. The van der Waals surface area contributed by atoms with Crippen molar-refractivity contribution in [3.63, 3.8) is 0 Å². The van der Waals surface area contributed by atoms with Crippen molar-refractivity contribution in [1.29, 1.82) is 0 Å². The molecule has 3 aromatic rings. The molecule has 1 saturated heterocycles. The van der Waals surface area contributed by atoms with E-state index in [-0.39, 0.29) is 35.3 Å². The van der Waals surface area contributed by atoms with Crippen LogP contribution in [0.4, 0.5) is 0 Å². The molecule has 0 unspecified atom stereocenters. The summed E-state index contributed by atoms with van der Waals surface area (Å²) in [4.78, 5) is 28.2. The molecule has 15 heteroatoms. The van der Waals surface area contributed by atoms with Gasteiger partial charge in [0.05, 0.1) is 35.6 Å². The third kappa shape index (κ3) is 6.84. The molecule has 0 saturated carbocycles. The van der Waals surface area contributed by atoms with Crippen molar-refractivity contribution in [1.82, 2.24) is 23.7 Å². The second-order valence-corrected chi connectivity index (χ2v) is 12.1. The summed E-state index contributed by atoms with van der Waals surface area (Å²) in [5, 5.41) is 23.4. The molecule has 1 aliphatic rings. The number of H-pyrrole nitrogens is 1. The zero-order chi connectivity index (χ0) is 31.1. The molecule has 0 spiro atoms. The average molecular weight is 618 g/mol. The number of nitrogens with one attached hydrogen (secondary N) is 1. The van der Waals surface area contributed by atoms with E-state index in [0.29, 0.717) is 67.2 Å². The van der Waals surface area contributed by atoms with Crippen LogP contribution in [0.25, 0.3) is 22.4 Å². The predicted octanol–water partition coefficient (Wildman–Crippen LogP) is 2.41. The molecule has 0 radical (unpaired) electrons. The zero-order valence-corrected chi connectivity index (χ0v) is 25.6. The zero-order valence-electron chi connectivity index (χ0n) is 24.8. The molecular formula is C28H39N7O7S. The summed E-state index contributed by atoms with van der Waals surface area (Å²) >= 11 is 0. The Bertz CT molecular complexity index is 1640. The van der Waals surface area contributed by atoms with Crippen molar-refractivity contribution in [3.8, 4) is 17.1 Å². The van der Waals surface area contributed by atoms with Gasteiger partial charge in [0.2, 0.25) is 10.0 Å². The highest BCUT2D eigenvalue weighted by Crippen LogP contribution is 2.33. The molecule has 3 heterocycles. The van der Waals surface area contributed by atoms with E-state index in [1.807, 2.05) is 25.7 Å². The van der Waals surface area contributed by atoms with E-state index < -0.39 is 15.6 Å². The second-order valence-electron chi connectivity index (χ2n) is 10.1. The molecule has 234 valence electrons. The molecule has 1 aliphatic heterocycles. The van der Waals surface area contributed by atoms with Gasteiger partial charge < -0.3 is 24.3 Å². The van der Waals surface area contributed by atoms with E-state index in [9.17, 15) is 23.6 Å². The minimum absolute atomic E-state index is 0.0537. The fraction of sp³-hybridized carbons (Fsp3) is 0.500. The maximum atomic E-state index is 13.7. The fourth-order valence-corrected chi connectivity index (χ4v) is 6.74. The highest BCUT2D eigenvalue weighted by Gasteiger charge is 2.30. The lowest BCUT2D eigenvalue weighted by Gasteiger charge is -2.34. The Morgan fingerprint density at radius 1 is 1.19 bits per heavy atom. The van der Waals surface area contributed by atoms with Gasteiger partial charge in [-0.2, -0.15) is 4.31 Å². The third-order valence-electron chi connectivity index (χ3n) is 7.33. The number of aryl methyl sites for hydroxylation is 2. The first kappa shape index (κ1) is 32.0. The topological polar surface area (TPSA) is 168 Å². The van der Waals surface area contributed by atoms with Crippen LogP contribution in [0.3, 0.4) is 0 Å². The van der Waals surface area contributed by atoms with Crippen LogP contribution in [0, 0.1) is 5.21 Å². The van der Waals surface area contributed by atoms with Gasteiger partial charge in [-0.1, -0.05) is 25.4 Å². The van der Waals surface area contributed by atoms with Gasteiger partial charge in [-0.3, -0.25) is 14.9 Å². The Hall–Kier alpha value is -3.95. The maximum Gasteiger partial charge on any atom is 0.275 e. The number of piperazine rings is 1. The molecular weight excluding hydrogens is 578 g/mol. The summed E-state index contributed by atoms with van der Waals surface area (Å²) in [6.45, 7) is 11.9. The summed E-state index contributed by atoms with van der Waals surface area (Å²) in [5.74, 6) is 0.580. The van der Waals surface area contributed by atoms with E-state index in [0.717, 1.165) is 18.4 Å². The average Bonchev–Trinajstić information content (AvgIpc) is 3.29. The van der Waals surface area contributed by atoms with E-state index in [1.165, 1.54) is 22.7 Å². The number of sulfonamides is 1. The van der Waals surface area contributed by atoms with Crippen LogP contribution in [0.15, 0.2) is 33.0 Å². The van der Waals surface area contributed by atoms with E-state index >= 15 is 0 Å². The van der Waals surface area contributed by atoms with Gasteiger partial charge in [-0.25, -0.2) is 13.4 Å². The molecule has 2 aromatic heterocycles. The Morgan fingerprint density at radius 3 is 2.56 bits per heavy atom. The first-order valence-corrected chi connectivity index (χ1v) is 15.8. The van der Waals surface area contributed by atoms with Crippen LogP contribution in [-0.2, 0) is 27.8 Å². The molecule has 0 bridgehead atoms. The van der Waals surface area contributed by atoms with Gasteiger partial charge in [0.1, 0.15) is 22.6 Å². The van der Waals surface area contributed by atoms with Crippen molar-refractivity contribution in [3.05, 3.63) is 45.0 Å². The Morgan fingerprint density at radius 2 is 1.93 bits per heavy atom. The SMILES string of the molecule is C=[N+]([O-])OCCN1CCN(S(=O)(=O)c2ccc(OCCC)c(-c3nc4c(CCC)c(/C=N/O)n(CC)c4c(=O)[nH]3)c2)CC1. The summed E-state index contributed by atoms with van der Waals surface area (Å²) in [7, 11) is -3.89. The monoisotopic (exact) mass is 617 g/mol. The number of nitrogens with zero attached hydrogens (tertiary/aromatic N) is 6. The third-order valence-corrected chi connectivity index (χ3v) is 9.22. The molecule has 4 rings (SSSR count). The highest BCUT2D eigenvalue weighted by atomic mass is 32.2. The Balaban J connectivity index is 1.75. The molecule has 0 aliphatic carbocycles. The van der Waals surface area contributed by atoms with Gasteiger partial charge in [-0.05, 0) is 38.0 Å². The largest absolute Gasteiger partial charge is 0.493 e. The van der Waals surface area contributed by atoms with E-state index in [1.54, 1.807) is 10.6 Å². The number of hydrogen-bond donors (Lipinski definition) is 2. The molecule has 0 amide bonds. The van der Waals surface area contributed by atoms with Crippen molar-refractivity contribution in [2.24, 2.45) is 5.16 Å². The second kappa shape index (κ2) is 14.0. The predicted molar refractivity (Wildman–Crippen MR) is 163 cm³/mol. The van der Waals surface area contributed by atoms with Crippen LogP contribution in [0.2, 0.25) is 0 Å². The van der Waals surface area contributed by atoms with Gasteiger partial charge in [0.15, 0.2) is 6.72 Å². The highest BCUT2D eigenvalue weighted by molar-refractivity contribution is 7.89. The van der Waals surface area contributed by atoms with E-state index in [2.05, 4.69) is 16.9 Å². The smallest absolute Gasteiger partial charge is 0.275 e.